The fraction of sp³-hybridized carbons (Fsp3) is 0.462. The van der Waals surface area contributed by atoms with Gasteiger partial charge in [0.25, 0.3) is 5.91 Å². The van der Waals surface area contributed by atoms with Crippen LogP contribution in [0.1, 0.15) is 23.0 Å². The van der Waals surface area contributed by atoms with E-state index in [9.17, 15) is 9.59 Å². The Hall–Kier alpha value is -1.60. The van der Waals surface area contributed by atoms with E-state index in [2.05, 4.69) is 21.9 Å². The SMILES string of the molecule is C=C(C)COCCNC(=O)c1c(SC)nc(=O)[nH]c1C. The maximum Gasteiger partial charge on any atom is 0.346 e. The number of aromatic nitrogens is 2. The molecular weight excluding hydrogens is 278 g/mol. The molecule has 1 rings (SSSR count). The summed E-state index contributed by atoms with van der Waals surface area (Å²) in [6, 6.07) is 0. The first-order valence-electron chi connectivity index (χ1n) is 6.11. The van der Waals surface area contributed by atoms with E-state index in [0.717, 1.165) is 5.57 Å². The van der Waals surface area contributed by atoms with Crippen molar-refractivity contribution in [2.24, 2.45) is 0 Å². The Morgan fingerprint density at radius 2 is 2.25 bits per heavy atom. The minimum atomic E-state index is -0.451. The van der Waals surface area contributed by atoms with Gasteiger partial charge in [0.2, 0.25) is 0 Å². The van der Waals surface area contributed by atoms with Crippen LogP contribution in [-0.4, -0.2) is 41.9 Å². The predicted molar refractivity (Wildman–Crippen MR) is 79.3 cm³/mol. The van der Waals surface area contributed by atoms with Crippen LogP contribution in [0.3, 0.4) is 0 Å². The molecule has 20 heavy (non-hydrogen) atoms. The van der Waals surface area contributed by atoms with Crippen LogP contribution in [0.2, 0.25) is 0 Å². The van der Waals surface area contributed by atoms with Gasteiger partial charge in [0.1, 0.15) is 5.03 Å². The van der Waals surface area contributed by atoms with E-state index in [1.165, 1.54) is 11.8 Å². The highest BCUT2D eigenvalue weighted by Crippen LogP contribution is 2.17. The summed E-state index contributed by atoms with van der Waals surface area (Å²) >= 11 is 1.26. The van der Waals surface area contributed by atoms with Crippen molar-refractivity contribution in [1.29, 1.82) is 0 Å². The Labute approximate surface area is 122 Å². The molecule has 0 fully saturated rings. The van der Waals surface area contributed by atoms with Crippen LogP contribution in [0.5, 0.6) is 0 Å². The third kappa shape index (κ3) is 4.82. The molecule has 0 aliphatic heterocycles. The van der Waals surface area contributed by atoms with E-state index in [-0.39, 0.29) is 5.91 Å². The van der Waals surface area contributed by atoms with Crippen molar-refractivity contribution in [1.82, 2.24) is 15.3 Å². The van der Waals surface area contributed by atoms with Crippen molar-refractivity contribution in [2.75, 3.05) is 26.0 Å². The second-order valence-corrected chi connectivity index (χ2v) is 5.11. The summed E-state index contributed by atoms with van der Waals surface area (Å²) in [5.41, 5.74) is 1.39. The Morgan fingerprint density at radius 1 is 1.55 bits per heavy atom. The number of amides is 1. The molecule has 6 nitrogen and oxygen atoms in total. The van der Waals surface area contributed by atoms with Crippen LogP contribution in [0.15, 0.2) is 22.0 Å². The molecule has 0 atom stereocenters. The number of nitrogens with one attached hydrogen (secondary N) is 2. The van der Waals surface area contributed by atoms with E-state index < -0.39 is 5.69 Å². The minimum Gasteiger partial charge on any atom is -0.375 e. The van der Waals surface area contributed by atoms with Crippen LogP contribution in [0, 0.1) is 6.92 Å². The van der Waals surface area contributed by atoms with Crippen molar-refractivity contribution in [2.45, 2.75) is 18.9 Å². The smallest absolute Gasteiger partial charge is 0.346 e. The fourth-order valence-electron chi connectivity index (χ4n) is 1.55. The summed E-state index contributed by atoms with van der Waals surface area (Å²) < 4.78 is 5.29. The average Bonchev–Trinajstić information content (AvgIpc) is 2.36. The lowest BCUT2D eigenvalue weighted by molar-refractivity contribution is 0.0922. The van der Waals surface area contributed by atoms with Crippen molar-refractivity contribution < 1.29 is 9.53 Å². The van der Waals surface area contributed by atoms with Crippen molar-refractivity contribution in [3.05, 3.63) is 33.9 Å². The molecule has 1 heterocycles. The molecule has 1 aromatic rings. The molecule has 0 spiro atoms. The highest BCUT2D eigenvalue weighted by Gasteiger charge is 2.16. The molecule has 0 saturated carbocycles. The van der Waals surface area contributed by atoms with Gasteiger partial charge in [0.15, 0.2) is 0 Å². The molecule has 0 radical (unpaired) electrons. The minimum absolute atomic E-state index is 0.269. The fourth-order valence-corrected chi connectivity index (χ4v) is 2.17. The number of ether oxygens (including phenoxy) is 1. The summed E-state index contributed by atoms with van der Waals surface area (Å²) in [5, 5.41) is 3.16. The molecule has 1 aromatic heterocycles. The van der Waals surface area contributed by atoms with E-state index in [0.29, 0.717) is 36.0 Å². The van der Waals surface area contributed by atoms with Gasteiger partial charge in [-0.25, -0.2) is 4.79 Å². The van der Waals surface area contributed by atoms with Gasteiger partial charge in [0.05, 0.1) is 18.8 Å². The third-order valence-electron chi connectivity index (χ3n) is 2.39. The van der Waals surface area contributed by atoms with Crippen molar-refractivity contribution in [3.8, 4) is 0 Å². The highest BCUT2D eigenvalue weighted by molar-refractivity contribution is 7.98. The Morgan fingerprint density at radius 3 is 2.85 bits per heavy atom. The van der Waals surface area contributed by atoms with Gasteiger partial charge in [-0.1, -0.05) is 12.2 Å². The van der Waals surface area contributed by atoms with Crippen LogP contribution < -0.4 is 11.0 Å². The summed E-state index contributed by atoms with van der Waals surface area (Å²) in [6.07, 6.45) is 1.77. The van der Waals surface area contributed by atoms with Gasteiger partial charge >= 0.3 is 5.69 Å². The summed E-state index contributed by atoms with van der Waals surface area (Å²) in [4.78, 5) is 29.7. The topological polar surface area (TPSA) is 84.1 Å². The largest absolute Gasteiger partial charge is 0.375 e. The van der Waals surface area contributed by atoms with Crippen LogP contribution >= 0.6 is 11.8 Å². The molecule has 0 aliphatic rings. The highest BCUT2D eigenvalue weighted by atomic mass is 32.2. The van der Waals surface area contributed by atoms with Gasteiger partial charge in [-0.15, -0.1) is 11.8 Å². The Balaban J connectivity index is 2.64. The number of carbonyl (C=O) groups excluding carboxylic acids is 1. The van der Waals surface area contributed by atoms with Gasteiger partial charge in [-0.3, -0.25) is 4.79 Å². The molecule has 1 amide bonds. The number of thioether (sulfide) groups is 1. The van der Waals surface area contributed by atoms with Crippen molar-refractivity contribution >= 4 is 17.7 Å². The lowest BCUT2D eigenvalue weighted by Gasteiger charge is -2.10. The summed E-state index contributed by atoms with van der Waals surface area (Å²) in [5.74, 6) is -0.269. The summed E-state index contributed by atoms with van der Waals surface area (Å²) in [6.45, 7) is 8.54. The molecule has 0 aromatic carbocycles. The first-order chi connectivity index (χ1) is 9.45. The lowest BCUT2D eigenvalue weighted by atomic mass is 10.2. The molecule has 0 bridgehead atoms. The standard InChI is InChI=1S/C13H19N3O3S/c1-8(2)7-19-6-5-14-11(17)10-9(3)15-13(18)16-12(10)20-4/h1,5-7H2,2-4H3,(H,14,17)(H,15,16,18). The first-order valence-corrected chi connectivity index (χ1v) is 7.33. The maximum atomic E-state index is 12.1. The monoisotopic (exact) mass is 297 g/mol. The molecule has 7 heteroatoms. The third-order valence-corrected chi connectivity index (χ3v) is 3.07. The first kappa shape index (κ1) is 16.5. The molecule has 2 N–H and O–H groups in total. The molecule has 110 valence electrons. The average molecular weight is 297 g/mol. The van der Waals surface area contributed by atoms with E-state index in [1.54, 1.807) is 13.2 Å². The number of aryl methyl sites for hydroxylation is 1. The second kappa shape index (κ2) is 7.86. The molecular formula is C13H19N3O3S. The zero-order chi connectivity index (χ0) is 15.1. The van der Waals surface area contributed by atoms with Gasteiger partial charge < -0.3 is 15.0 Å². The van der Waals surface area contributed by atoms with E-state index >= 15 is 0 Å². The van der Waals surface area contributed by atoms with Crippen LogP contribution in [0.25, 0.3) is 0 Å². The number of carbonyl (C=O) groups is 1. The molecule has 0 saturated heterocycles. The van der Waals surface area contributed by atoms with Crippen LogP contribution in [-0.2, 0) is 4.74 Å². The quantitative estimate of drug-likeness (QED) is 0.341. The number of rotatable bonds is 7. The number of hydrogen-bond donors (Lipinski definition) is 2. The summed E-state index contributed by atoms with van der Waals surface area (Å²) in [7, 11) is 0. The van der Waals surface area contributed by atoms with Gasteiger partial charge in [-0.2, -0.15) is 4.98 Å². The Kier molecular flexibility index (Phi) is 6.47. The van der Waals surface area contributed by atoms with Gasteiger partial charge in [-0.05, 0) is 20.1 Å². The maximum absolute atomic E-state index is 12.1. The van der Waals surface area contributed by atoms with Crippen molar-refractivity contribution in [3.63, 3.8) is 0 Å². The lowest BCUT2D eigenvalue weighted by Crippen LogP contribution is -2.30. The number of hydrogen-bond acceptors (Lipinski definition) is 5. The number of aromatic amines is 1. The van der Waals surface area contributed by atoms with Gasteiger partial charge in [0, 0.05) is 12.2 Å². The Bertz CT molecular complexity index is 554. The molecule has 0 unspecified atom stereocenters. The zero-order valence-electron chi connectivity index (χ0n) is 11.9. The molecule has 0 aliphatic carbocycles. The van der Waals surface area contributed by atoms with E-state index in [4.69, 9.17) is 4.74 Å². The zero-order valence-corrected chi connectivity index (χ0v) is 12.7. The van der Waals surface area contributed by atoms with Crippen LogP contribution in [0.4, 0.5) is 0 Å². The number of nitrogens with zero attached hydrogens (tertiary/aromatic N) is 1. The second-order valence-electron chi connectivity index (χ2n) is 4.32. The number of H-pyrrole nitrogens is 1. The predicted octanol–water partition coefficient (Wildman–Crippen LogP) is 1.12. The normalized spacial score (nSPS) is 10.3. The van der Waals surface area contributed by atoms with E-state index in [1.807, 2.05) is 6.92 Å².